The van der Waals surface area contributed by atoms with Crippen molar-refractivity contribution in [3.63, 3.8) is 0 Å². The van der Waals surface area contributed by atoms with Gasteiger partial charge in [-0.05, 0) is 28.3 Å². The summed E-state index contributed by atoms with van der Waals surface area (Å²) in [6.45, 7) is 1.62. The molecule has 5 aromatic rings. The number of nitrogens with zero attached hydrogens (tertiary/aromatic N) is 4. The molecule has 0 spiro atoms. The Morgan fingerprint density at radius 2 is 1.53 bits per heavy atom. The molecule has 0 saturated carbocycles. The van der Waals surface area contributed by atoms with Crippen LogP contribution in [0.5, 0.6) is 0 Å². The minimum Gasteiger partial charge on any atom is -0.309 e. The molecule has 0 aliphatic heterocycles. The number of aromatic nitrogens is 4. The summed E-state index contributed by atoms with van der Waals surface area (Å²) < 4.78 is 1.85. The maximum absolute atomic E-state index is 4.68. The van der Waals surface area contributed by atoms with E-state index < -0.39 is 0 Å². The van der Waals surface area contributed by atoms with Crippen LogP contribution in [0.3, 0.4) is 0 Å². The Labute approximate surface area is 175 Å². The lowest BCUT2D eigenvalue weighted by atomic mass is 10.1. The molecule has 0 aliphatic carbocycles. The average Bonchev–Trinajstić information content (AvgIpc) is 3.24. The molecule has 1 N–H and O–H groups in total. The van der Waals surface area contributed by atoms with Gasteiger partial charge < -0.3 is 5.32 Å². The zero-order chi connectivity index (χ0) is 20.2. The minimum absolute atomic E-state index is 0.805. The van der Waals surface area contributed by atoms with Crippen molar-refractivity contribution < 1.29 is 0 Å². The first-order chi connectivity index (χ1) is 14.9. The lowest BCUT2D eigenvalue weighted by Crippen LogP contribution is -2.12. The van der Waals surface area contributed by atoms with Gasteiger partial charge in [0.1, 0.15) is 0 Å². The van der Waals surface area contributed by atoms with Crippen LogP contribution in [0.15, 0.2) is 97.7 Å². The van der Waals surface area contributed by atoms with Crippen LogP contribution in [0, 0.1) is 0 Å². The number of hydrogen-bond donors (Lipinski definition) is 1. The van der Waals surface area contributed by atoms with Gasteiger partial charge in [-0.25, -0.2) is 9.50 Å². The fraction of sp³-hybridized carbons (Fsp3) is 0.0800. The number of benzene rings is 2. The summed E-state index contributed by atoms with van der Waals surface area (Å²) in [7, 11) is 0. The van der Waals surface area contributed by atoms with Crippen LogP contribution in [-0.4, -0.2) is 19.6 Å². The SMILES string of the molecule is c1ccc(-c2cnn3cc(-c4ccc(CNCc5cccnc5)cc4)cnc23)cc1. The first kappa shape index (κ1) is 18.2. The molecule has 0 saturated heterocycles. The maximum atomic E-state index is 4.68. The number of fused-ring (bicyclic) bond motifs is 1. The van der Waals surface area contributed by atoms with Gasteiger partial charge >= 0.3 is 0 Å². The predicted octanol–water partition coefficient (Wildman–Crippen LogP) is 4.75. The summed E-state index contributed by atoms with van der Waals surface area (Å²) in [4.78, 5) is 8.82. The molecule has 0 unspecified atom stereocenters. The molecule has 0 aliphatic rings. The van der Waals surface area contributed by atoms with E-state index in [0.29, 0.717) is 0 Å². The Bertz CT molecular complexity index is 1250. The van der Waals surface area contributed by atoms with Gasteiger partial charge in [0.05, 0.1) is 6.20 Å². The van der Waals surface area contributed by atoms with Gasteiger partial charge in [-0.1, -0.05) is 60.7 Å². The number of rotatable bonds is 6. The van der Waals surface area contributed by atoms with Gasteiger partial charge in [0.15, 0.2) is 5.65 Å². The second kappa shape index (κ2) is 8.27. The quantitative estimate of drug-likeness (QED) is 0.454. The number of pyridine rings is 1. The fourth-order valence-corrected chi connectivity index (χ4v) is 3.51. The Balaban J connectivity index is 1.30. The summed E-state index contributed by atoms with van der Waals surface area (Å²) in [5.41, 5.74) is 7.61. The second-order valence-corrected chi connectivity index (χ2v) is 7.20. The van der Waals surface area contributed by atoms with Crippen molar-refractivity contribution in [2.45, 2.75) is 13.1 Å². The normalized spacial score (nSPS) is 11.1. The Morgan fingerprint density at radius 1 is 0.700 bits per heavy atom. The maximum Gasteiger partial charge on any atom is 0.162 e. The Kier molecular flexibility index (Phi) is 5.02. The van der Waals surface area contributed by atoms with Crippen molar-refractivity contribution in [1.82, 2.24) is 24.9 Å². The van der Waals surface area contributed by atoms with Crippen molar-refractivity contribution in [1.29, 1.82) is 0 Å². The van der Waals surface area contributed by atoms with Gasteiger partial charge in [-0.15, -0.1) is 0 Å². The van der Waals surface area contributed by atoms with E-state index >= 15 is 0 Å². The van der Waals surface area contributed by atoms with E-state index in [0.717, 1.165) is 41.0 Å². The van der Waals surface area contributed by atoms with E-state index in [9.17, 15) is 0 Å². The van der Waals surface area contributed by atoms with Crippen LogP contribution in [0.4, 0.5) is 0 Å². The monoisotopic (exact) mass is 391 g/mol. The molecule has 3 aromatic heterocycles. The molecule has 0 atom stereocenters. The van der Waals surface area contributed by atoms with Crippen LogP contribution in [0.1, 0.15) is 11.1 Å². The highest BCUT2D eigenvalue weighted by Crippen LogP contribution is 2.25. The van der Waals surface area contributed by atoms with Gasteiger partial charge in [0.25, 0.3) is 0 Å². The van der Waals surface area contributed by atoms with Crippen molar-refractivity contribution in [3.05, 3.63) is 109 Å². The van der Waals surface area contributed by atoms with E-state index in [2.05, 4.69) is 62.8 Å². The van der Waals surface area contributed by atoms with E-state index in [-0.39, 0.29) is 0 Å². The Morgan fingerprint density at radius 3 is 2.33 bits per heavy atom. The highest BCUT2D eigenvalue weighted by Gasteiger charge is 2.09. The summed E-state index contributed by atoms with van der Waals surface area (Å²) in [5.74, 6) is 0. The van der Waals surface area contributed by atoms with Gasteiger partial charge in [0.2, 0.25) is 0 Å². The summed E-state index contributed by atoms with van der Waals surface area (Å²) in [6, 6.07) is 22.8. The van der Waals surface area contributed by atoms with Crippen LogP contribution in [0.2, 0.25) is 0 Å². The third-order valence-corrected chi connectivity index (χ3v) is 5.11. The van der Waals surface area contributed by atoms with Crippen molar-refractivity contribution >= 4 is 5.65 Å². The second-order valence-electron chi connectivity index (χ2n) is 7.20. The zero-order valence-electron chi connectivity index (χ0n) is 16.4. The summed E-state index contributed by atoms with van der Waals surface area (Å²) in [6.07, 6.45) is 9.50. The molecule has 0 amide bonds. The van der Waals surface area contributed by atoms with Crippen LogP contribution >= 0.6 is 0 Å². The van der Waals surface area contributed by atoms with Gasteiger partial charge in [-0.2, -0.15) is 5.10 Å². The molecule has 146 valence electrons. The highest BCUT2D eigenvalue weighted by molar-refractivity contribution is 5.77. The van der Waals surface area contributed by atoms with Crippen molar-refractivity contribution in [2.75, 3.05) is 0 Å². The summed E-state index contributed by atoms with van der Waals surface area (Å²) >= 11 is 0. The molecule has 0 bridgehead atoms. The van der Waals surface area contributed by atoms with Gasteiger partial charge in [0, 0.05) is 49.0 Å². The molecule has 2 aromatic carbocycles. The molecular formula is C25H21N5. The van der Waals surface area contributed by atoms with Crippen LogP contribution in [0.25, 0.3) is 27.9 Å². The third-order valence-electron chi connectivity index (χ3n) is 5.11. The van der Waals surface area contributed by atoms with Crippen LogP contribution < -0.4 is 5.32 Å². The standard InChI is InChI=1S/C25H21N5/c1-2-6-22(7-3-1)24-17-29-30-18-23(16-28-25(24)30)21-10-8-19(9-11-21)13-27-15-20-5-4-12-26-14-20/h1-12,14,16-18,27H,13,15H2. The van der Waals surface area contributed by atoms with Crippen molar-refractivity contribution in [3.8, 4) is 22.3 Å². The van der Waals surface area contributed by atoms with E-state index in [1.54, 1.807) is 6.20 Å². The molecular weight excluding hydrogens is 370 g/mol. The molecule has 30 heavy (non-hydrogen) atoms. The molecule has 0 fully saturated rings. The van der Waals surface area contributed by atoms with E-state index in [1.165, 1.54) is 11.1 Å². The molecule has 5 heteroatoms. The largest absolute Gasteiger partial charge is 0.309 e. The highest BCUT2D eigenvalue weighted by atomic mass is 15.2. The first-order valence-electron chi connectivity index (χ1n) is 9.94. The smallest absolute Gasteiger partial charge is 0.162 e. The third kappa shape index (κ3) is 3.83. The lowest BCUT2D eigenvalue weighted by Gasteiger charge is -2.07. The average molecular weight is 391 g/mol. The number of hydrogen-bond acceptors (Lipinski definition) is 4. The molecule has 0 radical (unpaired) electrons. The minimum atomic E-state index is 0.805. The first-order valence-corrected chi connectivity index (χ1v) is 9.94. The van der Waals surface area contributed by atoms with E-state index in [1.807, 2.05) is 53.6 Å². The number of nitrogens with one attached hydrogen (secondary N) is 1. The predicted molar refractivity (Wildman–Crippen MR) is 119 cm³/mol. The lowest BCUT2D eigenvalue weighted by molar-refractivity contribution is 0.691. The molecule has 5 nitrogen and oxygen atoms in total. The van der Waals surface area contributed by atoms with Crippen LogP contribution in [-0.2, 0) is 13.1 Å². The summed E-state index contributed by atoms with van der Waals surface area (Å²) in [5, 5.41) is 7.96. The van der Waals surface area contributed by atoms with Crippen molar-refractivity contribution in [2.24, 2.45) is 0 Å². The fourth-order valence-electron chi connectivity index (χ4n) is 3.51. The molecule has 3 heterocycles. The Hall–Kier alpha value is -3.83. The topological polar surface area (TPSA) is 55.1 Å². The van der Waals surface area contributed by atoms with E-state index in [4.69, 9.17) is 0 Å². The molecule has 5 rings (SSSR count). The van der Waals surface area contributed by atoms with Gasteiger partial charge in [-0.3, -0.25) is 4.98 Å². The zero-order valence-corrected chi connectivity index (χ0v) is 16.4.